The fourth-order valence-electron chi connectivity index (χ4n) is 1.84. The summed E-state index contributed by atoms with van der Waals surface area (Å²) in [6, 6.07) is 3.95. The first-order valence-corrected chi connectivity index (χ1v) is 6.53. The summed E-state index contributed by atoms with van der Waals surface area (Å²) in [5.41, 5.74) is 0.650. The smallest absolute Gasteiger partial charge is 0.317 e. The van der Waals surface area contributed by atoms with Crippen molar-refractivity contribution in [1.82, 2.24) is 10.2 Å². The fourth-order valence-corrected chi connectivity index (χ4v) is 1.84. The van der Waals surface area contributed by atoms with Crippen molar-refractivity contribution in [2.45, 2.75) is 19.9 Å². The van der Waals surface area contributed by atoms with Crippen LogP contribution >= 0.6 is 0 Å². The molecule has 5 nitrogen and oxygen atoms in total. The Labute approximate surface area is 118 Å². The Hall–Kier alpha value is -1.82. The van der Waals surface area contributed by atoms with Crippen LogP contribution in [0.15, 0.2) is 18.2 Å². The van der Waals surface area contributed by atoms with Crippen molar-refractivity contribution in [2.75, 3.05) is 26.8 Å². The minimum atomic E-state index is -0.464. The van der Waals surface area contributed by atoms with Gasteiger partial charge in [0.05, 0.1) is 19.8 Å². The Morgan fingerprint density at radius 2 is 2.25 bits per heavy atom. The van der Waals surface area contributed by atoms with Gasteiger partial charge < -0.3 is 20.1 Å². The highest BCUT2D eigenvalue weighted by Crippen LogP contribution is 2.21. The number of aliphatic hydroxyl groups is 1. The summed E-state index contributed by atoms with van der Waals surface area (Å²) in [4.78, 5) is 13.4. The fraction of sp³-hybridized carbons (Fsp3) is 0.500. The molecule has 0 spiro atoms. The van der Waals surface area contributed by atoms with Gasteiger partial charge in [0.25, 0.3) is 0 Å². The van der Waals surface area contributed by atoms with Crippen molar-refractivity contribution in [3.8, 4) is 5.75 Å². The van der Waals surface area contributed by atoms with E-state index in [0.717, 1.165) is 0 Å². The SMILES string of the molecule is CCN(CCO)C(=O)NC(C)c1ccc(OC)c(F)c1. The Bertz CT molecular complexity index is 454. The average Bonchev–Trinajstić information content (AvgIpc) is 2.44. The zero-order chi connectivity index (χ0) is 15.1. The number of nitrogens with zero attached hydrogens (tertiary/aromatic N) is 1. The normalized spacial score (nSPS) is 11.8. The number of methoxy groups -OCH3 is 1. The van der Waals surface area contributed by atoms with E-state index in [1.807, 2.05) is 6.92 Å². The van der Waals surface area contributed by atoms with Crippen LogP contribution in [-0.4, -0.2) is 42.8 Å². The first kappa shape index (κ1) is 16.2. The summed E-state index contributed by atoms with van der Waals surface area (Å²) in [7, 11) is 1.40. The molecule has 1 aromatic carbocycles. The van der Waals surface area contributed by atoms with E-state index in [1.165, 1.54) is 24.1 Å². The third-order valence-electron chi connectivity index (χ3n) is 3.05. The number of benzene rings is 1. The van der Waals surface area contributed by atoms with Gasteiger partial charge in [0.2, 0.25) is 0 Å². The number of hydrogen-bond donors (Lipinski definition) is 2. The summed E-state index contributed by atoms with van der Waals surface area (Å²) < 4.78 is 18.5. The Balaban J connectivity index is 2.73. The van der Waals surface area contributed by atoms with Crippen molar-refractivity contribution in [3.63, 3.8) is 0 Å². The first-order valence-electron chi connectivity index (χ1n) is 6.53. The van der Waals surface area contributed by atoms with E-state index < -0.39 is 5.82 Å². The summed E-state index contributed by atoms with van der Waals surface area (Å²) in [5.74, 6) is -0.295. The average molecular weight is 284 g/mol. The molecule has 0 saturated carbocycles. The highest BCUT2D eigenvalue weighted by Gasteiger charge is 2.16. The third kappa shape index (κ3) is 4.09. The van der Waals surface area contributed by atoms with Crippen LogP contribution in [0, 0.1) is 5.82 Å². The van der Waals surface area contributed by atoms with Crippen molar-refractivity contribution in [3.05, 3.63) is 29.6 Å². The zero-order valence-electron chi connectivity index (χ0n) is 12.0. The van der Waals surface area contributed by atoms with Gasteiger partial charge in [-0.25, -0.2) is 9.18 Å². The maximum absolute atomic E-state index is 13.6. The van der Waals surface area contributed by atoms with Crippen LogP contribution < -0.4 is 10.1 Å². The van der Waals surface area contributed by atoms with Crippen LogP contribution in [0.3, 0.4) is 0 Å². The summed E-state index contributed by atoms with van der Waals surface area (Å²) in [6.07, 6.45) is 0. The standard InChI is InChI=1S/C14H21FN2O3/c1-4-17(7-8-18)14(19)16-10(2)11-5-6-13(20-3)12(15)9-11/h5-6,9-10,18H,4,7-8H2,1-3H3,(H,16,19). The lowest BCUT2D eigenvalue weighted by Gasteiger charge is -2.23. The molecule has 0 radical (unpaired) electrons. The van der Waals surface area contributed by atoms with E-state index in [-0.39, 0.29) is 31.0 Å². The molecule has 112 valence electrons. The summed E-state index contributed by atoms with van der Waals surface area (Å²) in [6.45, 7) is 4.27. The van der Waals surface area contributed by atoms with E-state index in [2.05, 4.69) is 5.32 Å². The quantitative estimate of drug-likeness (QED) is 0.839. The number of ether oxygens (including phenoxy) is 1. The highest BCUT2D eigenvalue weighted by molar-refractivity contribution is 5.74. The van der Waals surface area contributed by atoms with Crippen LogP contribution in [0.1, 0.15) is 25.5 Å². The van der Waals surface area contributed by atoms with E-state index in [9.17, 15) is 9.18 Å². The number of carbonyl (C=O) groups is 1. The molecule has 0 bridgehead atoms. The van der Waals surface area contributed by atoms with Crippen LogP contribution in [0.5, 0.6) is 5.75 Å². The van der Waals surface area contributed by atoms with E-state index in [4.69, 9.17) is 9.84 Å². The second-order valence-electron chi connectivity index (χ2n) is 4.37. The Morgan fingerprint density at radius 3 is 2.75 bits per heavy atom. The molecule has 0 aliphatic carbocycles. The van der Waals surface area contributed by atoms with Crippen LogP contribution in [0.2, 0.25) is 0 Å². The van der Waals surface area contributed by atoms with Gasteiger partial charge in [-0.3, -0.25) is 0 Å². The van der Waals surface area contributed by atoms with Crippen molar-refractivity contribution in [2.24, 2.45) is 0 Å². The van der Waals surface area contributed by atoms with Gasteiger partial charge in [0.1, 0.15) is 0 Å². The molecule has 0 saturated heterocycles. The number of carbonyl (C=O) groups excluding carboxylic acids is 1. The number of rotatable bonds is 6. The number of hydrogen-bond acceptors (Lipinski definition) is 3. The minimum Gasteiger partial charge on any atom is -0.494 e. The molecule has 2 N–H and O–H groups in total. The zero-order valence-corrected chi connectivity index (χ0v) is 12.0. The molecule has 0 aliphatic heterocycles. The predicted molar refractivity (Wildman–Crippen MR) is 74.2 cm³/mol. The van der Waals surface area contributed by atoms with Gasteiger partial charge in [-0.1, -0.05) is 6.07 Å². The molecule has 1 unspecified atom stereocenters. The number of aliphatic hydroxyl groups excluding tert-OH is 1. The molecule has 1 rings (SSSR count). The maximum atomic E-state index is 13.6. The molecule has 6 heteroatoms. The van der Waals surface area contributed by atoms with E-state index in [1.54, 1.807) is 13.0 Å². The number of halogens is 1. The maximum Gasteiger partial charge on any atom is 0.317 e. The van der Waals surface area contributed by atoms with E-state index in [0.29, 0.717) is 12.1 Å². The van der Waals surface area contributed by atoms with Crippen LogP contribution in [-0.2, 0) is 0 Å². The summed E-state index contributed by atoms with van der Waals surface area (Å²) in [5, 5.41) is 11.6. The molecule has 0 aliphatic rings. The van der Waals surface area contributed by atoms with Gasteiger partial charge in [0.15, 0.2) is 11.6 Å². The Kier molecular flexibility index (Phi) is 6.24. The molecular weight excluding hydrogens is 263 g/mol. The van der Waals surface area contributed by atoms with Crippen molar-refractivity contribution >= 4 is 6.03 Å². The summed E-state index contributed by atoms with van der Waals surface area (Å²) >= 11 is 0. The molecule has 2 amide bonds. The second kappa shape index (κ2) is 7.69. The number of amides is 2. The van der Waals surface area contributed by atoms with Gasteiger partial charge >= 0.3 is 6.03 Å². The lowest BCUT2D eigenvalue weighted by Crippen LogP contribution is -2.42. The second-order valence-corrected chi connectivity index (χ2v) is 4.37. The van der Waals surface area contributed by atoms with Gasteiger partial charge in [-0.05, 0) is 31.5 Å². The molecule has 1 atom stereocenters. The van der Waals surface area contributed by atoms with Gasteiger partial charge in [-0.15, -0.1) is 0 Å². The molecule has 20 heavy (non-hydrogen) atoms. The molecular formula is C14H21FN2O3. The molecule has 1 aromatic rings. The first-order chi connectivity index (χ1) is 9.53. The highest BCUT2D eigenvalue weighted by atomic mass is 19.1. The monoisotopic (exact) mass is 284 g/mol. The van der Waals surface area contributed by atoms with Crippen LogP contribution in [0.25, 0.3) is 0 Å². The number of nitrogens with one attached hydrogen (secondary N) is 1. The largest absolute Gasteiger partial charge is 0.494 e. The van der Waals surface area contributed by atoms with Crippen molar-refractivity contribution < 1.29 is 19.0 Å². The molecule has 0 heterocycles. The lowest BCUT2D eigenvalue weighted by atomic mass is 10.1. The molecule has 0 aromatic heterocycles. The third-order valence-corrected chi connectivity index (χ3v) is 3.05. The lowest BCUT2D eigenvalue weighted by molar-refractivity contribution is 0.178. The minimum absolute atomic E-state index is 0.0905. The van der Waals surface area contributed by atoms with Crippen LogP contribution in [0.4, 0.5) is 9.18 Å². The number of likely N-dealkylation sites (N-methyl/N-ethyl adjacent to an activating group) is 1. The Morgan fingerprint density at radius 1 is 1.55 bits per heavy atom. The molecule has 0 fully saturated rings. The van der Waals surface area contributed by atoms with Gasteiger partial charge in [-0.2, -0.15) is 0 Å². The van der Waals surface area contributed by atoms with E-state index >= 15 is 0 Å². The van der Waals surface area contributed by atoms with Crippen molar-refractivity contribution in [1.29, 1.82) is 0 Å². The van der Waals surface area contributed by atoms with Gasteiger partial charge in [0, 0.05) is 13.1 Å². The topological polar surface area (TPSA) is 61.8 Å². The predicted octanol–water partition coefficient (Wildman–Crippen LogP) is 1.92. The number of urea groups is 1.